The molecule has 0 aromatic heterocycles. The Morgan fingerprint density at radius 2 is 2.15 bits per heavy atom. The van der Waals surface area contributed by atoms with Crippen molar-refractivity contribution in [2.75, 3.05) is 18.5 Å². The van der Waals surface area contributed by atoms with E-state index < -0.39 is 4.92 Å². The predicted octanol–water partition coefficient (Wildman–Crippen LogP) is 1.37. The van der Waals surface area contributed by atoms with Gasteiger partial charge in [0.05, 0.1) is 17.0 Å². The van der Waals surface area contributed by atoms with Gasteiger partial charge in [0, 0.05) is 24.8 Å². The Bertz CT molecular complexity index is 528. The van der Waals surface area contributed by atoms with Crippen LogP contribution in [-0.4, -0.2) is 36.8 Å². The summed E-state index contributed by atoms with van der Waals surface area (Å²) >= 11 is 0. The maximum atomic E-state index is 11.6. The number of aldehydes is 1. The molecule has 108 valence electrons. The fourth-order valence-corrected chi connectivity index (χ4v) is 1.71. The Hall–Kier alpha value is -2.44. The number of likely N-dealkylation sites (N-methyl/N-ethyl adjacent to an activating group) is 1. The van der Waals surface area contributed by atoms with Crippen LogP contribution in [0.1, 0.15) is 24.2 Å². The summed E-state index contributed by atoms with van der Waals surface area (Å²) in [7, 11) is 1.68. The third-order valence-corrected chi connectivity index (χ3v) is 2.61. The number of benzene rings is 1. The van der Waals surface area contributed by atoms with E-state index in [-0.39, 0.29) is 29.7 Å². The highest BCUT2D eigenvalue weighted by molar-refractivity contribution is 5.85. The number of hydrogen-bond acceptors (Lipinski definition) is 5. The first-order chi connectivity index (χ1) is 9.35. The number of carbonyl (C=O) groups is 2. The van der Waals surface area contributed by atoms with Gasteiger partial charge in [0.1, 0.15) is 0 Å². The Morgan fingerprint density at radius 3 is 2.65 bits per heavy atom. The minimum Gasteiger partial charge on any atom is -0.365 e. The molecule has 1 aromatic rings. The van der Waals surface area contributed by atoms with Crippen molar-refractivity contribution in [3.8, 4) is 0 Å². The van der Waals surface area contributed by atoms with Gasteiger partial charge in [0.2, 0.25) is 5.91 Å². The van der Waals surface area contributed by atoms with Crippen LogP contribution in [0, 0.1) is 10.1 Å². The Morgan fingerprint density at radius 1 is 1.50 bits per heavy atom. The molecule has 0 aliphatic rings. The highest BCUT2D eigenvalue weighted by Crippen LogP contribution is 2.22. The number of anilines is 1. The Labute approximate surface area is 116 Å². The number of nitrogens with zero attached hydrogens (tertiary/aromatic N) is 2. The van der Waals surface area contributed by atoms with E-state index in [0.29, 0.717) is 12.0 Å². The van der Waals surface area contributed by atoms with Gasteiger partial charge in [-0.05, 0) is 26.0 Å². The van der Waals surface area contributed by atoms with E-state index in [4.69, 9.17) is 0 Å². The van der Waals surface area contributed by atoms with E-state index in [2.05, 4.69) is 5.32 Å². The zero-order valence-electron chi connectivity index (χ0n) is 11.6. The largest absolute Gasteiger partial charge is 0.365 e. The van der Waals surface area contributed by atoms with E-state index >= 15 is 0 Å². The smallest absolute Gasteiger partial charge is 0.280 e. The summed E-state index contributed by atoms with van der Waals surface area (Å²) in [5.74, 6) is -0.159. The number of nitro groups is 1. The number of carbonyl (C=O) groups excluding carboxylic acids is 2. The maximum Gasteiger partial charge on any atom is 0.280 e. The summed E-state index contributed by atoms with van der Waals surface area (Å²) in [6, 6.07) is 4.20. The molecule has 0 aliphatic heterocycles. The normalized spacial score (nSPS) is 10.2. The van der Waals surface area contributed by atoms with Gasteiger partial charge in [-0.1, -0.05) is 0 Å². The number of amides is 1. The second-order valence-corrected chi connectivity index (χ2v) is 4.70. The van der Waals surface area contributed by atoms with Crippen LogP contribution < -0.4 is 10.2 Å². The van der Waals surface area contributed by atoms with Crippen molar-refractivity contribution in [3.63, 3.8) is 0 Å². The molecule has 1 amide bonds. The molecular formula is C13H17N3O4. The molecule has 0 bridgehead atoms. The number of hydrogen-bond donors (Lipinski definition) is 1. The van der Waals surface area contributed by atoms with Crippen LogP contribution in [0.5, 0.6) is 0 Å². The first kappa shape index (κ1) is 15.6. The van der Waals surface area contributed by atoms with E-state index in [0.717, 1.165) is 0 Å². The lowest BCUT2D eigenvalue weighted by Gasteiger charge is -2.20. The van der Waals surface area contributed by atoms with Crippen molar-refractivity contribution >= 4 is 23.6 Å². The molecule has 0 radical (unpaired) electrons. The molecule has 0 aliphatic carbocycles. The van der Waals surface area contributed by atoms with Gasteiger partial charge in [-0.25, -0.2) is 0 Å². The fourth-order valence-electron chi connectivity index (χ4n) is 1.71. The SMILES string of the molecule is CC(C)NC(=O)CN(C)c1ccc([N+](=O)[O-])c(C=O)c1. The second-order valence-electron chi connectivity index (χ2n) is 4.70. The number of rotatable bonds is 6. The lowest BCUT2D eigenvalue weighted by Crippen LogP contribution is -2.38. The second kappa shape index (κ2) is 6.65. The van der Waals surface area contributed by atoms with Crippen molar-refractivity contribution in [3.05, 3.63) is 33.9 Å². The third-order valence-electron chi connectivity index (χ3n) is 2.61. The van der Waals surface area contributed by atoms with Crippen LogP contribution in [0.4, 0.5) is 11.4 Å². The quantitative estimate of drug-likeness (QED) is 0.482. The summed E-state index contributed by atoms with van der Waals surface area (Å²) in [5, 5.41) is 13.5. The minimum absolute atomic E-state index is 0.0105. The average Bonchev–Trinajstić information content (AvgIpc) is 2.36. The van der Waals surface area contributed by atoms with Gasteiger partial charge in [0.25, 0.3) is 5.69 Å². The van der Waals surface area contributed by atoms with Crippen molar-refractivity contribution in [1.29, 1.82) is 0 Å². The fraction of sp³-hybridized carbons (Fsp3) is 0.385. The van der Waals surface area contributed by atoms with Crippen molar-refractivity contribution in [2.45, 2.75) is 19.9 Å². The van der Waals surface area contributed by atoms with Crippen LogP contribution >= 0.6 is 0 Å². The average molecular weight is 279 g/mol. The van der Waals surface area contributed by atoms with Gasteiger partial charge in [0.15, 0.2) is 6.29 Å². The summed E-state index contributed by atoms with van der Waals surface area (Å²) in [6.07, 6.45) is 0.434. The van der Waals surface area contributed by atoms with E-state index in [1.54, 1.807) is 11.9 Å². The van der Waals surface area contributed by atoms with Crippen LogP contribution in [0.3, 0.4) is 0 Å². The number of nitro benzene ring substituents is 1. The Balaban J connectivity index is 2.89. The highest BCUT2D eigenvalue weighted by Gasteiger charge is 2.16. The van der Waals surface area contributed by atoms with Crippen LogP contribution in [0.25, 0.3) is 0 Å². The van der Waals surface area contributed by atoms with Crippen LogP contribution in [0.15, 0.2) is 18.2 Å². The first-order valence-corrected chi connectivity index (χ1v) is 6.09. The van der Waals surface area contributed by atoms with E-state index in [1.807, 2.05) is 13.8 Å². The molecule has 0 saturated heterocycles. The summed E-state index contributed by atoms with van der Waals surface area (Å²) in [4.78, 5) is 34.2. The lowest BCUT2D eigenvalue weighted by molar-refractivity contribution is -0.385. The van der Waals surface area contributed by atoms with Gasteiger partial charge < -0.3 is 10.2 Å². The topological polar surface area (TPSA) is 92.6 Å². The van der Waals surface area contributed by atoms with Crippen molar-refractivity contribution in [1.82, 2.24) is 5.32 Å². The zero-order chi connectivity index (χ0) is 15.3. The molecule has 1 N–H and O–H groups in total. The van der Waals surface area contributed by atoms with E-state index in [9.17, 15) is 19.7 Å². The molecule has 0 atom stereocenters. The van der Waals surface area contributed by atoms with Gasteiger partial charge in [-0.3, -0.25) is 19.7 Å². The molecule has 0 saturated carbocycles. The van der Waals surface area contributed by atoms with Crippen molar-refractivity contribution in [2.24, 2.45) is 0 Å². The summed E-state index contributed by atoms with van der Waals surface area (Å²) in [6.45, 7) is 3.82. The monoisotopic (exact) mass is 279 g/mol. The molecule has 0 unspecified atom stereocenters. The maximum absolute atomic E-state index is 11.6. The Kier molecular flexibility index (Phi) is 5.19. The van der Waals surface area contributed by atoms with Crippen LogP contribution in [-0.2, 0) is 4.79 Å². The van der Waals surface area contributed by atoms with E-state index in [1.165, 1.54) is 18.2 Å². The predicted molar refractivity (Wildman–Crippen MR) is 75.0 cm³/mol. The lowest BCUT2D eigenvalue weighted by atomic mass is 10.1. The molecule has 0 fully saturated rings. The minimum atomic E-state index is -0.612. The molecule has 1 aromatic carbocycles. The zero-order valence-corrected chi connectivity index (χ0v) is 11.6. The summed E-state index contributed by atoms with van der Waals surface area (Å²) in [5.41, 5.74) is 0.309. The molecule has 0 spiro atoms. The molecular weight excluding hydrogens is 262 g/mol. The first-order valence-electron chi connectivity index (χ1n) is 6.09. The molecule has 7 heteroatoms. The van der Waals surface area contributed by atoms with Crippen LogP contribution in [0.2, 0.25) is 0 Å². The van der Waals surface area contributed by atoms with Gasteiger partial charge in [-0.15, -0.1) is 0 Å². The molecule has 0 heterocycles. The molecule has 20 heavy (non-hydrogen) atoms. The molecule has 7 nitrogen and oxygen atoms in total. The molecule has 1 rings (SSSR count). The standard InChI is InChI=1S/C13H17N3O4/c1-9(2)14-13(18)7-15(3)11-4-5-12(16(19)20)10(6-11)8-17/h4-6,8-9H,7H2,1-3H3,(H,14,18). The van der Waals surface area contributed by atoms with Gasteiger partial charge in [-0.2, -0.15) is 0 Å². The van der Waals surface area contributed by atoms with Crippen molar-refractivity contribution < 1.29 is 14.5 Å². The highest BCUT2D eigenvalue weighted by atomic mass is 16.6. The van der Waals surface area contributed by atoms with Gasteiger partial charge >= 0.3 is 0 Å². The third kappa shape index (κ3) is 4.04. The summed E-state index contributed by atoms with van der Waals surface area (Å²) < 4.78 is 0. The number of nitrogens with one attached hydrogen (secondary N) is 1.